The maximum Gasteiger partial charge on any atom is 0.166 e. The lowest BCUT2D eigenvalue weighted by atomic mass is 10.1. The quantitative estimate of drug-likeness (QED) is 0.401. The number of hydrogen-bond donors (Lipinski definition) is 3. The molecule has 0 radical (unpaired) electrons. The third-order valence-electron chi connectivity index (χ3n) is 4.52. The zero-order valence-corrected chi connectivity index (χ0v) is 15.5. The molecular weight excluding hydrogens is 360 g/mol. The number of thioether (sulfide) groups is 1. The molecule has 0 unspecified atom stereocenters. The molecule has 3 heterocycles. The predicted octanol–water partition coefficient (Wildman–Crippen LogP) is 4.46. The summed E-state index contributed by atoms with van der Waals surface area (Å²) in [5, 5.41) is 13.6. The summed E-state index contributed by atoms with van der Waals surface area (Å²) >= 11 is 1.59. The maximum absolute atomic E-state index is 5.34. The Morgan fingerprint density at radius 2 is 1.93 bits per heavy atom. The Hall–Kier alpha value is -3.26. The van der Waals surface area contributed by atoms with Crippen LogP contribution >= 0.6 is 11.8 Å². The highest BCUT2D eigenvalue weighted by Gasteiger charge is 2.12. The van der Waals surface area contributed by atoms with Crippen molar-refractivity contribution in [2.45, 2.75) is 5.16 Å². The minimum absolute atomic E-state index is 0.726. The molecule has 8 heteroatoms. The average molecular weight is 376 g/mol. The number of fused-ring (bicyclic) bond motifs is 4. The second-order valence-corrected chi connectivity index (χ2v) is 6.90. The second kappa shape index (κ2) is 6.17. The van der Waals surface area contributed by atoms with Crippen molar-refractivity contribution in [2.75, 3.05) is 18.7 Å². The van der Waals surface area contributed by atoms with Crippen molar-refractivity contribution in [1.29, 1.82) is 0 Å². The number of methoxy groups -OCH3 is 1. The molecule has 0 saturated heterocycles. The molecule has 0 aliphatic heterocycles. The first-order chi connectivity index (χ1) is 13.2. The largest absolute Gasteiger partial charge is 0.497 e. The van der Waals surface area contributed by atoms with Crippen molar-refractivity contribution in [3.8, 4) is 5.75 Å². The monoisotopic (exact) mass is 376 g/mol. The molecule has 0 aliphatic carbocycles. The van der Waals surface area contributed by atoms with Crippen LogP contribution in [0.4, 0.5) is 11.5 Å². The third-order valence-corrected chi connectivity index (χ3v) is 5.10. The van der Waals surface area contributed by atoms with Crippen LogP contribution < -0.4 is 10.1 Å². The fourth-order valence-electron chi connectivity index (χ4n) is 3.19. The summed E-state index contributed by atoms with van der Waals surface area (Å²) in [7, 11) is 1.66. The third kappa shape index (κ3) is 2.65. The first-order valence-corrected chi connectivity index (χ1v) is 9.59. The Morgan fingerprint density at radius 3 is 2.78 bits per heavy atom. The van der Waals surface area contributed by atoms with E-state index in [2.05, 4.69) is 25.5 Å². The highest BCUT2D eigenvalue weighted by molar-refractivity contribution is 7.98. The highest BCUT2D eigenvalue weighted by atomic mass is 32.2. The van der Waals surface area contributed by atoms with Crippen LogP contribution in [0.1, 0.15) is 0 Å². The number of nitrogens with one attached hydrogen (secondary N) is 3. The highest BCUT2D eigenvalue weighted by Crippen LogP contribution is 2.32. The van der Waals surface area contributed by atoms with Gasteiger partial charge in [-0.05, 0) is 42.7 Å². The van der Waals surface area contributed by atoms with Crippen LogP contribution in [0, 0.1) is 0 Å². The standard InChI is InChI=1S/C19H16N6OS/c1-26-11-4-6-14-12(8-11)13-9-20-25-17(13)18(22-14)21-10-3-5-15-16(7-10)24-19(23-15)27-2/h3-9H,1-2H3,(H,20,25)(H,21,22)(H,23,24). The van der Waals surface area contributed by atoms with E-state index in [0.29, 0.717) is 0 Å². The summed E-state index contributed by atoms with van der Waals surface area (Å²) in [6.07, 6.45) is 3.81. The van der Waals surface area contributed by atoms with E-state index in [1.165, 1.54) is 0 Å². The zero-order valence-electron chi connectivity index (χ0n) is 14.7. The zero-order chi connectivity index (χ0) is 18.4. The van der Waals surface area contributed by atoms with Gasteiger partial charge in [-0.15, -0.1) is 0 Å². The SMILES string of the molecule is COc1ccc2nc(Nc3ccc4nc(SC)[nH]c4c3)c3[nH]ncc3c2c1. The Balaban J connectivity index is 1.62. The summed E-state index contributed by atoms with van der Waals surface area (Å²) in [4.78, 5) is 12.6. The average Bonchev–Trinajstić information content (AvgIpc) is 3.34. The molecule has 0 saturated carbocycles. The van der Waals surface area contributed by atoms with Crippen molar-refractivity contribution in [1.82, 2.24) is 25.1 Å². The molecule has 3 aromatic heterocycles. The molecule has 0 aliphatic rings. The summed E-state index contributed by atoms with van der Waals surface area (Å²) in [5.74, 6) is 1.52. The Kier molecular flexibility index (Phi) is 3.64. The fourth-order valence-corrected chi connectivity index (χ4v) is 3.59. The van der Waals surface area contributed by atoms with E-state index in [1.807, 2.05) is 48.9 Å². The van der Waals surface area contributed by atoms with Crippen molar-refractivity contribution in [3.05, 3.63) is 42.6 Å². The molecule has 0 bridgehead atoms. The number of ether oxygens (including phenoxy) is 1. The number of aromatic nitrogens is 5. The molecular formula is C19H16N6OS. The molecule has 3 N–H and O–H groups in total. The maximum atomic E-state index is 5.34. The van der Waals surface area contributed by atoms with Gasteiger partial charge in [0.2, 0.25) is 0 Å². The summed E-state index contributed by atoms with van der Waals surface area (Å²) < 4.78 is 5.34. The first kappa shape index (κ1) is 16.0. The number of imidazole rings is 1. The van der Waals surface area contributed by atoms with Gasteiger partial charge in [0.05, 0.1) is 29.9 Å². The number of hydrogen-bond acceptors (Lipinski definition) is 6. The molecule has 134 valence electrons. The van der Waals surface area contributed by atoms with E-state index in [1.54, 1.807) is 18.9 Å². The molecule has 5 aromatic rings. The van der Waals surface area contributed by atoms with Crippen molar-refractivity contribution in [3.63, 3.8) is 0 Å². The van der Waals surface area contributed by atoms with Crippen LogP contribution in [-0.4, -0.2) is 38.5 Å². The van der Waals surface area contributed by atoms with Crippen LogP contribution in [0.5, 0.6) is 5.75 Å². The predicted molar refractivity (Wildman–Crippen MR) is 109 cm³/mol. The topological polar surface area (TPSA) is 91.5 Å². The normalized spacial score (nSPS) is 11.5. The van der Waals surface area contributed by atoms with Crippen molar-refractivity contribution >= 4 is 56.1 Å². The summed E-state index contributed by atoms with van der Waals surface area (Å²) in [5.41, 5.74) is 4.57. The number of anilines is 2. The molecule has 0 amide bonds. The van der Waals surface area contributed by atoms with Crippen LogP contribution in [0.2, 0.25) is 0 Å². The van der Waals surface area contributed by atoms with Gasteiger partial charge in [0.25, 0.3) is 0 Å². The van der Waals surface area contributed by atoms with Gasteiger partial charge >= 0.3 is 0 Å². The van der Waals surface area contributed by atoms with E-state index < -0.39 is 0 Å². The van der Waals surface area contributed by atoms with Gasteiger partial charge < -0.3 is 15.0 Å². The molecule has 0 atom stereocenters. The van der Waals surface area contributed by atoms with E-state index in [9.17, 15) is 0 Å². The molecule has 2 aromatic carbocycles. The van der Waals surface area contributed by atoms with E-state index in [-0.39, 0.29) is 0 Å². The van der Waals surface area contributed by atoms with Crippen molar-refractivity contribution < 1.29 is 4.74 Å². The van der Waals surface area contributed by atoms with Gasteiger partial charge in [-0.1, -0.05) is 11.8 Å². The van der Waals surface area contributed by atoms with E-state index in [4.69, 9.17) is 9.72 Å². The lowest BCUT2D eigenvalue weighted by Gasteiger charge is -2.10. The lowest BCUT2D eigenvalue weighted by molar-refractivity contribution is 0.415. The summed E-state index contributed by atoms with van der Waals surface area (Å²) in [6, 6.07) is 11.9. The Labute approximate surface area is 158 Å². The summed E-state index contributed by atoms with van der Waals surface area (Å²) in [6.45, 7) is 0. The Bertz CT molecular complexity index is 1290. The molecule has 7 nitrogen and oxygen atoms in total. The lowest BCUT2D eigenvalue weighted by Crippen LogP contribution is -1.96. The second-order valence-electron chi connectivity index (χ2n) is 6.11. The number of benzene rings is 2. The fraction of sp³-hybridized carbons (Fsp3) is 0.105. The minimum atomic E-state index is 0.726. The molecule has 27 heavy (non-hydrogen) atoms. The number of pyridine rings is 1. The van der Waals surface area contributed by atoms with Crippen molar-refractivity contribution in [2.24, 2.45) is 0 Å². The minimum Gasteiger partial charge on any atom is -0.497 e. The van der Waals surface area contributed by atoms with Gasteiger partial charge in [0.1, 0.15) is 11.3 Å². The van der Waals surface area contributed by atoms with E-state index in [0.717, 1.165) is 55.3 Å². The van der Waals surface area contributed by atoms with Gasteiger partial charge in [0, 0.05) is 16.5 Å². The molecule has 5 rings (SSSR count). The molecule has 0 spiro atoms. The van der Waals surface area contributed by atoms with Gasteiger partial charge in [-0.2, -0.15) is 5.10 Å². The van der Waals surface area contributed by atoms with Crippen LogP contribution in [0.15, 0.2) is 47.8 Å². The first-order valence-electron chi connectivity index (χ1n) is 8.37. The number of nitrogens with zero attached hydrogens (tertiary/aromatic N) is 3. The number of H-pyrrole nitrogens is 2. The van der Waals surface area contributed by atoms with Crippen LogP contribution in [0.3, 0.4) is 0 Å². The van der Waals surface area contributed by atoms with Crippen LogP contribution in [-0.2, 0) is 0 Å². The van der Waals surface area contributed by atoms with Gasteiger partial charge in [-0.25, -0.2) is 9.97 Å². The molecule has 0 fully saturated rings. The van der Waals surface area contributed by atoms with Gasteiger partial charge in [-0.3, -0.25) is 5.10 Å². The smallest absolute Gasteiger partial charge is 0.166 e. The Morgan fingerprint density at radius 1 is 1.04 bits per heavy atom. The van der Waals surface area contributed by atoms with E-state index >= 15 is 0 Å². The van der Waals surface area contributed by atoms with Crippen LogP contribution in [0.25, 0.3) is 32.8 Å². The number of rotatable bonds is 4. The number of aromatic amines is 2. The van der Waals surface area contributed by atoms with Gasteiger partial charge in [0.15, 0.2) is 11.0 Å².